The lowest BCUT2D eigenvalue weighted by Gasteiger charge is -2.08. The Balaban J connectivity index is 1.83. The highest BCUT2D eigenvalue weighted by Crippen LogP contribution is 2.16. The summed E-state index contributed by atoms with van der Waals surface area (Å²) in [6.45, 7) is 2.93. The second-order valence-corrected chi connectivity index (χ2v) is 6.64. The van der Waals surface area contributed by atoms with Crippen LogP contribution in [-0.4, -0.2) is 12.5 Å². The first-order chi connectivity index (χ1) is 11.2. The highest BCUT2D eigenvalue weighted by Gasteiger charge is 2.06. The molecule has 0 radical (unpaired) electrons. The normalized spacial score (nSPS) is 10.3. The van der Waals surface area contributed by atoms with Gasteiger partial charge in [-0.25, -0.2) is 0 Å². The van der Waals surface area contributed by atoms with Crippen LogP contribution in [0, 0.1) is 3.57 Å². The lowest BCUT2D eigenvalue weighted by Crippen LogP contribution is -2.11. The van der Waals surface area contributed by atoms with Gasteiger partial charge in [0.1, 0.15) is 5.75 Å². The van der Waals surface area contributed by atoms with Crippen LogP contribution in [0.5, 0.6) is 5.75 Å². The van der Waals surface area contributed by atoms with Crippen LogP contribution in [0.3, 0.4) is 0 Å². The molecular formula is C19H22INO2. The molecular weight excluding hydrogens is 401 g/mol. The average Bonchev–Trinajstić information content (AvgIpc) is 2.57. The molecule has 0 fully saturated rings. The SMILES string of the molecule is CCCCCCOc1ccc(C(=O)Nc2ccc(I)cc2)cc1. The molecule has 3 nitrogen and oxygen atoms in total. The van der Waals surface area contributed by atoms with Crippen LogP contribution in [0.4, 0.5) is 5.69 Å². The van der Waals surface area contributed by atoms with Crippen molar-refractivity contribution in [1.29, 1.82) is 0 Å². The van der Waals surface area contributed by atoms with Crippen LogP contribution >= 0.6 is 22.6 Å². The number of benzene rings is 2. The van der Waals surface area contributed by atoms with Crippen molar-refractivity contribution >= 4 is 34.2 Å². The van der Waals surface area contributed by atoms with Crippen molar-refractivity contribution in [3.63, 3.8) is 0 Å². The highest BCUT2D eigenvalue weighted by molar-refractivity contribution is 14.1. The Kier molecular flexibility index (Phi) is 7.39. The van der Waals surface area contributed by atoms with Crippen molar-refractivity contribution in [3.05, 3.63) is 57.7 Å². The molecule has 0 bridgehead atoms. The molecule has 23 heavy (non-hydrogen) atoms. The van der Waals surface area contributed by atoms with Gasteiger partial charge in [-0.15, -0.1) is 0 Å². The van der Waals surface area contributed by atoms with E-state index in [1.807, 2.05) is 36.4 Å². The minimum atomic E-state index is -0.110. The summed E-state index contributed by atoms with van der Waals surface area (Å²) in [7, 11) is 0. The third kappa shape index (κ3) is 6.22. The number of hydrogen-bond acceptors (Lipinski definition) is 2. The number of amides is 1. The van der Waals surface area contributed by atoms with Crippen LogP contribution in [0.2, 0.25) is 0 Å². The van der Waals surface area contributed by atoms with E-state index in [0.29, 0.717) is 5.56 Å². The fourth-order valence-electron chi connectivity index (χ4n) is 2.16. The van der Waals surface area contributed by atoms with E-state index >= 15 is 0 Å². The summed E-state index contributed by atoms with van der Waals surface area (Å²) in [6, 6.07) is 15.0. The summed E-state index contributed by atoms with van der Waals surface area (Å²) >= 11 is 2.24. The van der Waals surface area contributed by atoms with Crippen molar-refractivity contribution in [2.45, 2.75) is 32.6 Å². The minimum Gasteiger partial charge on any atom is -0.494 e. The minimum absolute atomic E-state index is 0.110. The molecule has 0 aliphatic rings. The van der Waals surface area contributed by atoms with Gasteiger partial charge in [-0.3, -0.25) is 4.79 Å². The van der Waals surface area contributed by atoms with Gasteiger partial charge in [-0.1, -0.05) is 26.2 Å². The fourth-order valence-corrected chi connectivity index (χ4v) is 2.52. The maximum absolute atomic E-state index is 12.2. The standard InChI is InChI=1S/C19H22INO2/c1-2-3-4-5-14-23-18-12-6-15(7-13-18)19(22)21-17-10-8-16(20)9-11-17/h6-13H,2-5,14H2,1H3,(H,21,22). The summed E-state index contributed by atoms with van der Waals surface area (Å²) in [6.07, 6.45) is 4.75. The van der Waals surface area contributed by atoms with Gasteiger partial charge < -0.3 is 10.1 Å². The quantitative estimate of drug-likeness (QED) is 0.450. The molecule has 0 saturated heterocycles. The number of halogens is 1. The second-order valence-electron chi connectivity index (χ2n) is 5.39. The molecule has 0 atom stereocenters. The molecule has 122 valence electrons. The van der Waals surface area contributed by atoms with Gasteiger partial charge in [-0.05, 0) is 77.5 Å². The van der Waals surface area contributed by atoms with Crippen LogP contribution < -0.4 is 10.1 Å². The van der Waals surface area contributed by atoms with Gasteiger partial charge >= 0.3 is 0 Å². The van der Waals surface area contributed by atoms with Gasteiger partial charge in [0.25, 0.3) is 5.91 Å². The smallest absolute Gasteiger partial charge is 0.255 e. The van der Waals surface area contributed by atoms with E-state index in [4.69, 9.17) is 4.74 Å². The van der Waals surface area contributed by atoms with E-state index in [-0.39, 0.29) is 5.91 Å². The molecule has 1 N–H and O–H groups in total. The van der Waals surface area contributed by atoms with Crippen molar-refractivity contribution in [1.82, 2.24) is 0 Å². The van der Waals surface area contributed by atoms with Crippen molar-refractivity contribution in [3.8, 4) is 5.75 Å². The van der Waals surface area contributed by atoms with E-state index in [2.05, 4.69) is 34.8 Å². The van der Waals surface area contributed by atoms with E-state index in [9.17, 15) is 4.79 Å². The molecule has 2 rings (SSSR count). The molecule has 0 aliphatic carbocycles. The molecule has 4 heteroatoms. The maximum atomic E-state index is 12.2. The summed E-state index contributed by atoms with van der Waals surface area (Å²) in [5, 5.41) is 2.89. The molecule has 0 unspecified atom stereocenters. The van der Waals surface area contributed by atoms with Gasteiger partial charge in [0, 0.05) is 14.8 Å². The molecule has 0 spiro atoms. The number of ether oxygens (including phenoxy) is 1. The topological polar surface area (TPSA) is 38.3 Å². The number of unbranched alkanes of at least 4 members (excludes halogenated alkanes) is 3. The third-order valence-corrected chi connectivity index (χ3v) is 4.20. The van der Waals surface area contributed by atoms with Gasteiger partial charge in [0.15, 0.2) is 0 Å². The number of hydrogen-bond donors (Lipinski definition) is 1. The van der Waals surface area contributed by atoms with E-state index < -0.39 is 0 Å². The lowest BCUT2D eigenvalue weighted by atomic mass is 10.2. The zero-order valence-corrected chi connectivity index (χ0v) is 15.5. The number of carbonyl (C=O) groups excluding carboxylic acids is 1. The predicted octanol–water partition coefficient (Wildman–Crippen LogP) is 5.50. The second kappa shape index (κ2) is 9.55. The first-order valence-corrected chi connectivity index (χ1v) is 9.06. The Morgan fingerprint density at radius 3 is 2.35 bits per heavy atom. The van der Waals surface area contributed by atoms with Crippen molar-refractivity contribution in [2.75, 3.05) is 11.9 Å². The van der Waals surface area contributed by atoms with Crippen molar-refractivity contribution in [2.24, 2.45) is 0 Å². The molecule has 1 amide bonds. The summed E-state index contributed by atoms with van der Waals surface area (Å²) in [4.78, 5) is 12.2. The Bertz CT molecular complexity index is 608. The zero-order valence-electron chi connectivity index (χ0n) is 13.3. The van der Waals surface area contributed by atoms with Crippen molar-refractivity contribution < 1.29 is 9.53 Å². The Hall–Kier alpha value is -1.56. The first-order valence-electron chi connectivity index (χ1n) is 7.99. The molecule has 2 aromatic rings. The zero-order chi connectivity index (χ0) is 16.5. The fraction of sp³-hybridized carbons (Fsp3) is 0.316. The van der Waals surface area contributed by atoms with E-state index in [1.54, 1.807) is 12.1 Å². The number of rotatable bonds is 8. The lowest BCUT2D eigenvalue weighted by molar-refractivity contribution is 0.102. The molecule has 0 aromatic heterocycles. The van der Waals surface area contributed by atoms with E-state index in [1.165, 1.54) is 19.3 Å². The molecule has 0 saturated carbocycles. The monoisotopic (exact) mass is 423 g/mol. The van der Waals surface area contributed by atoms with Crippen LogP contribution in [0.1, 0.15) is 43.0 Å². The summed E-state index contributed by atoms with van der Waals surface area (Å²) in [5.41, 5.74) is 1.42. The largest absolute Gasteiger partial charge is 0.494 e. The first kappa shape index (κ1) is 17.8. The van der Waals surface area contributed by atoms with Crippen LogP contribution in [-0.2, 0) is 0 Å². The van der Waals surface area contributed by atoms with Crippen LogP contribution in [0.25, 0.3) is 0 Å². The third-order valence-electron chi connectivity index (χ3n) is 3.49. The molecule has 0 heterocycles. The highest BCUT2D eigenvalue weighted by atomic mass is 127. The number of nitrogens with one attached hydrogen (secondary N) is 1. The number of carbonyl (C=O) groups is 1. The molecule has 0 aliphatic heterocycles. The maximum Gasteiger partial charge on any atom is 0.255 e. The number of anilines is 1. The Labute approximate surface area is 151 Å². The predicted molar refractivity (Wildman–Crippen MR) is 103 cm³/mol. The van der Waals surface area contributed by atoms with Crippen LogP contribution in [0.15, 0.2) is 48.5 Å². The van der Waals surface area contributed by atoms with Gasteiger partial charge in [0.2, 0.25) is 0 Å². The summed E-state index contributed by atoms with van der Waals surface area (Å²) < 4.78 is 6.83. The van der Waals surface area contributed by atoms with Gasteiger partial charge in [-0.2, -0.15) is 0 Å². The Morgan fingerprint density at radius 1 is 1.00 bits per heavy atom. The molecule has 2 aromatic carbocycles. The average molecular weight is 423 g/mol. The van der Waals surface area contributed by atoms with E-state index in [0.717, 1.165) is 28.0 Å². The Morgan fingerprint density at radius 2 is 1.70 bits per heavy atom. The summed E-state index contributed by atoms with van der Waals surface area (Å²) in [5.74, 6) is 0.702. The van der Waals surface area contributed by atoms with Gasteiger partial charge in [0.05, 0.1) is 6.61 Å².